The molecule has 5 rings (SSSR count). The molecule has 2 aliphatic heterocycles. The highest BCUT2D eigenvalue weighted by molar-refractivity contribution is 7.14. The molecule has 1 aromatic carbocycles. The van der Waals surface area contributed by atoms with E-state index in [4.69, 9.17) is 4.74 Å². The summed E-state index contributed by atoms with van der Waals surface area (Å²) in [6, 6.07) is 6.32. The fraction of sp³-hybridized carbons (Fsp3) is 0.667. The topological polar surface area (TPSA) is 69.7 Å². The Morgan fingerprint density at radius 2 is 1.74 bits per heavy atom. The Hall–Kier alpha value is -2.23. The van der Waals surface area contributed by atoms with Crippen LogP contribution in [0.1, 0.15) is 84.1 Å². The van der Waals surface area contributed by atoms with E-state index in [1.54, 1.807) is 7.11 Å². The number of nitrogens with one attached hydrogen (secondary N) is 2. The maximum atomic E-state index is 15.2. The van der Waals surface area contributed by atoms with Gasteiger partial charge in [0.25, 0.3) is 0 Å². The molecule has 2 amide bonds. The van der Waals surface area contributed by atoms with Crippen molar-refractivity contribution in [2.24, 2.45) is 0 Å². The molecule has 3 heterocycles. The number of piperidine rings is 1. The first-order chi connectivity index (χ1) is 18.5. The molecule has 7 nitrogen and oxygen atoms in total. The molecule has 39 heavy (non-hydrogen) atoms. The van der Waals surface area contributed by atoms with E-state index in [9.17, 15) is 4.79 Å². The zero-order chi connectivity index (χ0) is 27.8. The quantitative estimate of drug-likeness (QED) is 0.441. The number of carbonyl (C=O) groups excluding carboxylic acids is 1. The number of halogens is 1. The molecule has 0 bridgehead atoms. The van der Waals surface area contributed by atoms with Crippen LogP contribution in [0, 0.1) is 5.13 Å². The molecular weight excluding hydrogens is 513 g/mol. The summed E-state index contributed by atoms with van der Waals surface area (Å²) < 4.78 is 20.7. The van der Waals surface area contributed by atoms with Crippen LogP contribution in [0.3, 0.4) is 0 Å². The number of hydrogen-bond acceptors (Lipinski definition) is 6. The number of aromatic nitrogens is 1. The maximum absolute atomic E-state index is 15.2. The van der Waals surface area contributed by atoms with E-state index in [1.807, 2.05) is 17.0 Å². The molecule has 3 fully saturated rings. The minimum atomic E-state index is -0.412. The molecule has 214 valence electrons. The van der Waals surface area contributed by atoms with Gasteiger partial charge in [-0.3, -0.25) is 10.2 Å². The Kier molecular flexibility index (Phi) is 8.23. The second-order valence-electron chi connectivity index (χ2n) is 12.8. The van der Waals surface area contributed by atoms with Crippen LogP contribution >= 0.6 is 11.3 Å². The Labute approximate surface area is 236 Å². The van der Waals surface area contributed by atoms with Crippen molar-refractivity contribution >= 4 is 22.5 Å². The monoisotopic (exact) mass is 557 g/mol. The highest BCUT2D eigenvalue weighted by Gasteiger charge is 2.40. The van der Waals surface area contributed by atoms with E-state index in [-0.39, 0.29) is 27.9 Å². The number of ether oxygens (including phenoxy) is 1. The van der Waals surface area contributed by atoms with Crippen LogP contribution in [0.2, 0.25) is 0 Å². The van der Waals surface area contributed by atoms with E-state index in [0.717, 1.165) is 50.1 Å². The van der Waals surface area contributed by atoms with E-state index in [2.05, 4.69) is 54.3 Å². The molecule has 2 saturated heterocycles. The van der Waals surface area contributed by atoms with Crippen LogP contribution in [0.15, 0.2) is 18.2 Å². The minimum absolute atomic E-state index is 0.0894. The van der Waals surface area contributed by atoms with Crippen LogP contribution in [0.5, 0.6) is 5.75 Å². The van der Waals surface area contributed by atoms with Crippen molar-refractivity contribution in [2.75, 3.05) is 38.6 Å². The highest BCUT2D eigenvalue weighted by Crippen LogP contribution is 2.40. The lowest BCUT2D eigenvalue weighted by molar-refractivity contribution is 0.0408. The van der Waals surface area contributed by atoms with Gasteiger partial charge < -0.3 is 15.0 Å². The standard InChI is InChI=1S/C30H44FN5O2S/c1-29(2)18-22(19-30(3,4)34-29)35-13-15-36(16-14-35)28(37)33-27-32-25(26(31)39-27)23-17-21(11-12-24(23)38-5)20-9-7-6-8-10-20/h11-12,17,20,22,34H,6-10,13-16,18-19H2,1-5H3,(H,32,33,37). The van der Waals surface area contributed by atoms with Crippen LogP contribution in [-0.2, 0) is 0 Å². The molecule has 9 heteroatoms. The van der Waals surface area contributed by atoms with Crippen molar-refractivity contribution < 1.29 is 13.9 Å². The van der Waals surface area contributed by atoms with Crippen molar-refractivity contribution in [3.8, 4) is 17.0 Å². The molecule has 0 unspecified atom stereocenters. The number of carbonyl (C=O) groups is 1. The van der Waals surface area contributed by atoms with Gasteiger partial charge >= 0.3 is 6.03 Å². The van der Waals surface area contributed by atoms with E-state index < -0.39 is 5.13 Å². The smallest absolute Gasteiger partial charge is 0.323 e. The number of amides is 2. The van der Waals surface area contributed by atoms with Gasteiger partial charge in [0, 0.05) is 48.9 Å². The van der Waals surface area contributed by atoms with Crippen molar-refractivity contribution in [3.05, 3.63) is 28.9 Å². The number of benzene rings is 1. The van der Waals surface area contributed by atoms with E-state index in [1.165, 1.54) is 24.8 Å². The molecule has 0 radical (unpaired) electrons. The molecule has 1 aliphatic carbocycles. The molecule has 2 aromatic rings. The number of nitrogens with zero attached hydrogens (tertiary/aromatic N) is 3. The lowest BCUT2D eigenvalue weighted by Gasteiger charge is -2.51. The predicted molar refractivity (Wildman–Crippen MR) is 156 cm³/mol. The number of urea groups is 1. The van der Waals surface area contributed by atoms with Crippen molar-refractivity contribution in [1.29, 1.82) is 0 Å². The first kappa shape index (κ1) is 28.3. The van der Waals surface area contributed by atoms with Crippen LogP contribution in [0.25, 0.3) is 11.3 Å². The number of anilines is 1. The number of rotatable bonds is 5. The number of thiazole rings is 1. The second kappa shape index (κ2) is 11.3. The van der Waals surface area contributed by atoms with Gasteiger partial charge in [0.1, 0.15) is 11.4 Å². The number of hydrogen-bond donors (Lipinski definition) is 2. The van der Waals surface area contributed by atoms with Crippen molar-refractivity contribution in [2.45, 2.75) is 95.7 Å². The maximum Gasteiger partial charge on any atom is 0.323 e. The van der Waals surface area contributed by atoms with Gasteiger partial charge in [0.05, 0.1) is 7.11 Å². The van der Waals surface area contributed by atoms with Crippen LogP contribution < -0.4 is 15.4 Å². The highest BCUT2D eigenvalue weighted by atomic mass is 32.1. The third kappa shape index (κ3) is 6.57. The zero-order valence-corrected chi connectivity index (χ0v) is 24.9. The predicted octanol–water partition coefficient (Wildman–Crippen LogP) is 6.46. The van der Waals surface area contributed by atoms with Gasteiger partial charge in [-0.05, 0) is 77.0 Å². The van der Waals surface area contributed by atoms with Gasteiger partial charge in [0.2, 0.25) is 5.13 Å². The summed E-state index contributed by atoms with van der Waals surface area (Å²) in [5.41, 5.74) is 2.28. The largest absolute Gasteiger partial charge is 0.496 e. The fourth-order valence-electron chi connectivity index (χ4n) is 7.11. The molecule has 0 atom stereocenters. The van der Waals surface area contributed by atoms with Crippen LogP contribution in [-0.4, -0.2) is 71.2 Å². The third-order valence-corrected chi connectivity index (χ3v) is 9.40. The Morgan fingerprint density at radius 1 is 1.08 bits per heavy atom. The van der Waals surface area contributed by atoms with Gasteiger partial charge in [0.15, 0.2) is 5.13 Å². The summed E-state index contributed by atoms with van der Waals surface area (Å²) in [6.45, 7) is 12.1. The van der Waals surface area contributed by atoms with Crippen molar-refractivity contribution in [3.63, 3.8) is 0 Å². The summed E-state index contributed by atoms with van der Waals surface area (Å²) >= 11 is 0.876. The average molecular weight is 558 g/mol. The number of piperazine rings is 1. The first-order valence-corrected chi connectivity index (χ1v) is 15.3. The van der Waals surface area contributed by atoms with Crippen molar-refractivity contribution in [1.82, 2.24) is 20.1 Å². The second-order valence-corrected chi connectivity index (χ2v) is 13.8. The van der Waals surface area contributed by atoms with E-state index in [0.29, 0.717) is 36.4 Å². The Morgan fingerprint density at radius 3 is 2.38 bits per heavy atom. The van der Waals surface area contributed by atoms with Gasteiger partial charge in [-0.2, -0.15) is 4.39 Å². The first-order valence-electron chi connectivity index (χ1n) is 14.5. The molecule has 3 aliphatic rings. The molecule has 1 aromatic heterocycles. The molecule has 1 saturated carbocycles. The van der Waals surface area contributed by atoms with Gasteiger partial charge in [-0.1, -0.05) is 36.7 Å². The van der Waals surface area contributed by atoms with Gasteiger partial charge in [-0.25, -0.2) is 9.78 Å². The van der Waals surface area contributed by atoms with E-state index >= 15 is 4.39 Å². The SMILES string of the molecule is COc1ccc(C2CCCCC2)cc1-c1nc(NC(=O)N2CCN(C3CC(C)(C)NC(C)(C)C3)CC2)sc1F. The summed E-state index contributed by atoms with van der Waals surface area (Å²) in [6.07, 6.45) is 8.25. The summed E-state index contributed by atoms with van der Waals surface area (Å²) in [5, 5.41) is 6.49. The number of methoxy groups -OCH3 is 1. The zero-order valence-electron chi connectivity index (χ0n) is 24.1. The Bertz CT molecular complexity index is 1150. The lowest BCUT2D eigenvalue weighted by Crippen LogP contribution is -2.64. The minimum Gasteiger partial charge on any atom is -0.496 e. The summed E-state index contributed by atoms with van der Waals surface area (Å²) in [5.74, 6) is 1.09. The lowest BCUT2D eigenvalue weighted by atomic mass is 9.79. The third-order valence-electron chi connectivity index (χ3n) is 8.64. The summed E-state index contributed by atoms with van der Waals surface area (Å²) in [4.78, 5) is 22.0. The van der Waals surface area contributed by atoms with Gasteiger partial charge in [-0.15, -0.1) is 0 Å². The summed E-state index contributed by atoms with van der Waals surface area (Å²) in [7, 11) is 1.59. The average Bonchev–Trinajstić information content (AvgIpc) is 3.26. The molecule has 2 N–H and O–H groups in total. The fourth-order valence-corrected chi connectivity index (χ4v) is 7.81. The molecule has 0 spiro atoms. The van der Waals surface area contributed by atoms with Crippen LogP contribution in [0.4, 0.5) is 14.3 Å². The Balaban J connectivity index is 1.23. The normalized spacial score (nSPS) is 22.6. The molecular formula is C30H44FN5O2S.